The molecule has 2 heterocycles. The average molecular weight is 364 g/mol. The predicted octanol–water partition coefficient (Wildman–Crippen LogP) is 3.52. The SMILES string of the molecule is O=C(NCCCC(=O)N1CCCc2cc(F)cc(F)c21)c1cccs1. The Morgan fingerprint density at radius 1 is 1.28 bits per heavy atom. The van der Waals surface area contributed by atoms with Gasteiger partial charge in [-0.3, -0.25) is 9.59 Å². The van der Waals surface area contributed by atoms with Crippen LogP contribution in [0.4, 0.5) is 14.5 Å². The number of benzene rings is 1. The van der Waals surface area contributed by atoms with Crippen molar-refractivity contribution < 1.29 is 18.4 Å². The van der Waals surface area contributed by atoms with Gasteiger partial charge in [-0.25, -0.2) is 8.78 Å². The second-order valence-corrected chi connectivity index (χ2v) is 6.83. The predicted molar refractivity (Wildman–Crippen MR) is 92.9 cm³/mol. The van der Waals surface area contributed by atoms with Gasteiger partial charge < -0.3 is 10.2 Å². The third kappa shape index (κ3) is 4.04. The average Bonchev–Trinajstić information content (AvgIpc) is 3.12. The normalized spacial score (nSPS) is 13.4. The molecule has 1 aromatic heterocycles. The second kappa shape index (κ2) is 7.74. The maximum atomic E-state index is 14.1. The summed E-state index contributed by atoms with van der Waals surface area (Å²) < 4.78 is 27.4. The fourth-order valence-corrected chi connectivity index (χ4v) is 3.61. The highest BCUT2D eigenvalue weighted by Crippen LogP contribution is 2.31. The molecule has 2 aromatic rings. The number of thiophene rings is 1. The lowest BCUT2D eigenvalue weighted by atomic mass is 10.0. The summed E-state index contributed by atoms with van der Waals surface area (Å²) in [6.07, 6.45) is 1.90. The van der Waals surface area contributed by atoms with Gasteiger partial charge in [0.2, 0.25) is 5.91 Å². The smallest absolute Gasteiger partial charge is 0.261 e. The zero-order chi connectivity index (χ0) is 17.8. The van der Waals surface area contributed by atoms with Crippen LogP contribution in [-0.4, -0.2) is 24.9 Å². The molecule has 0 saturated heterocycles. The highest BCUT2D eigenvalue weighted by Gasteiger charge is 2.26. The van der Waals surface area contributed by atoms with Gasteiger partial charge in [0, 0.05) is 25.6 Å². The minimum Gasteiger partial charge on any atom is -0.351 e. The van der Waals surface area contributed by atoms with E-state index in [1.165, 1.54) is 22.3 Å². The molecule has 7 heteroatoms. The van der Waals surface area contributed by atoms with Crippen molar-refractivity contribution in [3.63, 3.8) is 0 Å². The molecule has 0 saturated carbocycles. The highest BCUT2D eigenvalue weighted by atomic mass is 32.1. The van der Waals surface area contributed by atoms with Gasteiger partial charge in [0.25, 0.3) is 5.91 Å². The lowest BCUT2D eigenvalue weighted by molar-refractivity contribution is -0.118. The summed E-state index contributed by atoms with van der Waals surface area (Å²) in [4.78, 5) is 26.3. The molecule has 0 radical (unpaired) electrons. The number of anilines is 1. The van der Waals surface area contributed by atoms with Crippen LogP contribution >= 0.6 is 11.3 Å². The zero-order valence-corrected chi connectivity index (χ0v) is 14.4. The number of carbonyl (C=O) groups is 2. The van der Waals surface area contributed by atoms with Crippen molar-refractivity contribution in [1.29, 1.82) is 0 Å². The fourth-order valence-electron chi connectivity index (χ4n) is 2.97. The lowest BCUT2D eigenvalue weighted by Crippen LogP contribution is -2.36. The maximum Gasteiger partial charge on any atom is 0.261 e. The molecule has 2 amide bonds. The van der Waals surface area contributed by atoms with Crippen molar-refractivity contribution in [3.8, 4) is 0 Å². The Labute approximate surface area is 148 Å². The molecule has 1 aliphatic heterocycles. The molecule has 25 heavy (non-hydrogen) atoms. The molecule has 3 rings (SSSR count). The van der Waals surface area contributed by atoms with E-state index in [0.717, 1.165) is 6.07 Å². The van der Waals surface area contributed by atoms with Crippen LogP contribution in [-0.2, 0) is 11.2 Å². The first-order chi connectivity index (χ1) is 12.1. The van der Waals surface area contributed by atoms with E-state index in [4.69, 9.17) is 0 Å². The van der Waals surface area contributed by atoms with Gasteiger partial charge >= 0.3 is 0 Å². The molecule has 1 aliphatic rings. The van der Waals surface area contributed by atoms with E-state index < -0.39 is 11.6 Å². The Balaban J connectivity index is 1.55. The minimum atomic E-state index is -0.700. The molecule has 0 unspecified atom stereocenters. The second-order valence-electron chi connectivity index (χ2n) is 5.88. The van der Waals surface area contributed by atoms with Crippen molar-refractivity contribution in [2.45, 2.75) is 25.7 Å². The molecular formula is C18H18F2N2O2S. The Bertz CT molecular complexity index is 778. The Kier molecular flexibility index (Phi) is 5.43. The number of carbonyl (C=O) groups excluding carboxylic acids is 2. The van der Waals surface area contributed by atoms with Crippen LogP contribution in [0.5, 0.6) is 0 Å². The standard InChI is InChI=1S/C18H18F2N2O2S/c19-13-10-12-4-2-8-22(17(12)14(20)11-13)16(23)6-1-7-21-18(24)15-5-3-9-25-15/h3,5,9-11H,1-2,4,6-8H2,(H,21,24). The van der Waals surface area contributed by atoms with Crippen molar-refractivity contribution in [2.24, 2.45) is 0 Å². The number of nitrogens with zero attached hydrogens (tertiary/aromatic N) is 1. The van der Waals surface area contributed by atoms with Crippen LogP contribution in [0, 0.1) is 11.6 Å². The van der Waals surface area contributed by atoms with Crippen LogP contribution in [0.1, 0.15) is 34.5 Å². The number of amides is 2. The van der Waals surface area contributed by atoms with E-state index in [0.29, 0.717) is 42.8 Å². The Morgan fingerprint density at radius 2 is 2.12 bits per heavy atom. The van der Waals surface area contributed by atoms with E-state index in [9.17, 15) is 18.4 Å². The van der Waals surface area contributed by atoms with Crippen LogP contribution in [0.2, 0.25) is 0 Å². The van der Waals surface area contributed by atoms with Crippen LogP contribution in [0.3, 0.4) is 0 Å². The number of rotatable bonds is 5. The molecule has 0 atom stereocenters. The molecule has 0 aliphatic carbocycles. The van der Waals surface area contributed by atoms with Gasteiger partial charge in [-0.1, -0.05) is 6.07 Å². The first-order valence-electron chi connectivity index (χ1n) is 8.16. The van der Waals surface area contributed by atoms with Gasteiger partial charge in [0.15, 0.2) is 0 Å². The first kappa shape index (κ1) is 17.5. The van der Waals surface area contributed by atoms with Gasteiger partial charge in [-0.05, 0) is 42.3 Å². The summed E-state index contributed by atoms with van der Waals surface area (Å²) in [6, 6.07) is 5.64. The van der Waals surface area contributed by atoms with E-state index in [2.05, 4.69) is 5.32 Å². The van der Waals surface area contributed by atoms with Crippen molar-refractivity contribution >= 4 is 28.8 Å². The minimum absolute atomic E-state index is 0.160. The summed E-state index contributed by atoms with van der Waals surface area (Å²) in [7, 11) is 0. The number of halogens is 2. The Morgan fingerprint density at radius 3 is 2.88 bits per heavy atom. The van der Waals surface area contributed by atoms with Gasteiger partial charge in [-0.15, -0.1) is 11.3 Å². The van der Waals surface area contributed by atoms with E-state index in [1.54, 1.807) is 12.1 Å². The molecular weight excluding hydrogens is 346 g/mol. The van der Waals surface area contributed by atoms with Crippen molar-refractivity contribution in [3.05, 3.63) is 51.7 Å². The number of hydrogen-bond acceptors (Lipinski definition) is 3. The van der Waals surface area contributed by atoms with Gasteiger partial charge in [0.1, 0.15) is 11.6 Å². The molecule has 0 spiro atoms. The summed E-state index contributed by atoms with van der Waals surface area (Å²) in [5, 5.41) is 4.58. The number of fused-ring (bicyclic) bond motifs is 1. The van der Waals surface area contributed by atoms with Crippen molar-refractivity contribution in [2.75, 3.05) is 18.0 Å². The summed E-state index contributed by atoms with van der Waals surface area (Å²) in [6.45, 7) is 0.797. The van der Waals surface area contributed by atoms with Gasteiger partial charge in [0.05, 0.1) is 10.6 Å². The van der Waals surface area contributed by atoms with Crippen LogP contribution < -0.4 is 10.2 Å². The van der Waals surface area contributed by atoms with E-state index in [-0.39, 0.29) is 23.9 Å². The van der Waals surface area contributed by atoms with Crippen LogP contribution in [0.15, 0.2) is 29.6 Å². The summed E-state index contributed by atoms with van der Waals surface area (Å²) in [5.41, 5.74) is 0.725. The number of aryl methyl sites for hydroxylation is 1. The van der Waals surface area contributed by atoms with E-state index >= 15 is 0 Å². The molecule has 132 valence electrons. The topological polar surface area (TPSA) is 49.4 Å². The van der Waals surface area contributed by atoms with E-state index in [1.807, 2.05) is 5.38 Å². The first-order valence-corrected chi connectivity index (χ1v) is 9.04. The zero-order valence-electron chi connectivity index (χ0n) is 13.6. The molecule has 0 fully saturated rings. The monoisotopic (exact) mass is 364 g/mol. The maximum absolute atomic E-state index is 14.1. The number of nitrogens with one attached hydrogen (secondary N) is 1. The molecule has 1 N–H and O–H groups in total. The van der Waals surface area contributed by atoms with Crippen LogP contribution in [0.25, 0.3) is 0 Å². The molecule has 1 aromatic carbocycles. The van der Waals surface area contributed by atoms with Gasteiger partial charge in [-0.2, -0.15) is 0 Å². The summed E-state index contributed by atoms with van der Waals surface area (Å²) in [5.74, 6) is -1.69. The number of hydrogen-bond donors (Lipinski definition) is 1. The quantitative estimate of drug-likeness (QED) is 0.826. The third-order valence-corrected chi connectivity index (χ3v) is 4.97. The highest BCUT2D eigenvalue weighted by molar-refractivity contribution is 7.12. The van der Waals surface area contributed by atoms with Crippen molar-refractivity contribution in [1.82, 2.24) is 5.32 Å². The molecule has 0 bridgehead atoms. The molecule has 4 nitrogen and oxygen atoms in total. The Hall–Kier alpha value is -2.28. The lowest BCUT2D eigenvalue weighted by Gasteiger charge is -2.30. The third-order valence-electron chi connectivity index (χ3n) is 4.10. The largest absolute Gasteiger partial charge is 0.351 e. The summed E-state index contributed by atoms with van der Waals surface area (Å²) >= 11 is 1.35. The fraction of sp³-hybridized carbons (Fsp3) is 0.333.